The Bertz CT molecular complexity index is 586. The van der Waals surface area contributed by atoms with Crippen LogP contribution in [0.25, 0.3) is 0 Å². The fraction of sp³-hybridized carbons (Fsp3) is 0.471. The van der Waals surface area contributed by atoms with E-state index in [1.54, 1.807) is 12.2 Å². The van der Waals surface area contributed by atoms with Gasteiger partial charge in [-0.05, 0) is 29.6 Å². The summed E-state index contributed by atoms with van der Waals surface area (Å²) >= 11 is 0. The van der Waals surface area contributed by atoms with Crippen LogP contribution in [0, 0.1) is 11.3 Å². The molecule has 2 amide bonds. The maximum atomic E-state index is 11.8. The van der Waals surface area contributed by atoms with Crippen LogP contribution in [0.2, 0.25) is 0 Å². The second-order valence-corrected chi connectivity index (χ2v) is 6.46. The molecule has 1 aliphatic heterocycles. The largest absolute Gasteiger partial charge is 0.325 e. The highest BCUT2D eigenvalue weighted by Gasteiger charge is 2.32. The molecule has 1 N–H and O–H groups in total. The molecule has 0 aromatic heterocycles. The van der Waals surface area contributed by atoms with Crippen LogP contribution in [0.5, 0.6) is 0 Å². The van der Waals surface area contributed by atoms with Gasteiger partial charge >= 0.3 is 0 Å². The number of nitrogens with one attached hydrogen (secondary N) is 1. The highest BCUT2D eigenvalue weighted by molar-refractivity contribution is 6.11. The number of hydrogen-bond acceptors (Lipinski definition) is 2. The second-order valence-electron chi connectivity index (χ2n) is 6.46. The number of amides is 2. The normalized spacial score (nSPS) is 23.3. The van der Waals surface area contributed by atoms with Crippen molar-refractivity contribution in [3.63, 3.8) is 0 Å². The zero-order chi connectivity index (χ0) is 15.6. The van der Waals surface area contributed by atoms with Gasteiger partial charge in [-0.2, -0.15) is 0 Å². The van der Waals surface area contributed by atoms with Crippen LogP contribution in [0.4, 0.5) is 0 Å². The van der Waals surface area contributed by atoms with Gasteiger partial charge in [0.05, 0.1) is 5.71 Å². The lowest BCUT2D eigenvalue weighted by Crippen LogP contribution is -2.36. The van der Waals surface area contributed by atoms with E-state index < -0.39 is 0 Å². The van der Waals surface area contributed by atoms with Crippen molar-refractivity contribution >= 4 is 17.5 Å². The van der Waals surface area contributed by atoms with Crippen molar-refractivity contribution in [2.75, 3.05) is 0 Å². The van der Waals surface area contributed by atoms with Crippen LogP contribution in [0.3, 0.4) is 0 Å². The first-order valence-corrected chi connectivity index (χ1v) is 7.35. The van der Waals surface area contributed by atoms with Gasteiger partial charge in [-0.15, -0.1) is 0 Å². The van der Waals surface area contributed by atoms with E-state index in [-0.39, 0.29) is 23.1 Å². The van der Waals surface area contributed by atoms with Gasteiger partial charge in [0.1, 0.15) is 0 Å². The zero-order valence-electron chi connectivity index (χ0n) is 13.1. The summed E-state index contributed by atoms with van der Waals surface area (Å²) in [7, 11) is 0. The maximum Gasteiger partial charge on any atom is 0.248 e. The summed E-state index contributed by atoms with van der Waals surface area (Å²) < 4.78 is 0. The van der Waals surface area contributed by atoms with Gasteiger partial charge in [0.15, 0.2) is 0 Å². The van der Waals surface area contributed by atoms with Crippen molar-refractivity contribution in [1.29, 1.82) is 0 Å². The van der Waals surface area contributed by atoms with Crippen molar-refractivity contribution in [3.8, 4) is 0 Å². The maximum absolute atomic E-state index is 11.8. The molecule has 1 aliphatic carbocycles. The molecule has 0 fully saturated rings. The molecule has 0 bridgehead atoms. The first kappa shape index (κ1) is 15.4. The van der Waals surface area contributed by atoms with Gasteiger partial charge in [0.2, 0.25) is 11.8 Å². The van der Waals surface area contributed by atoms with E-state index in [2.05, 4.69) is 31.1 Å². The molecule has 2 aliphatic rings. The summed E-state index contributed by atoms with van der Waals surface area (Å²) in [5.74, 6) is -0.180. The van der Waals surface area contributed by atoms with E-state index in [9.17, 15) is 9.59 Å². The van der Waals surface area contributed by atoms with Gasteiger partial charge in [-0.1, -0.05) is 33.8 Å². The Morgan fingerprint density at radius 1 is 1.33 bits per heavy atom. The lowest BCUT2D eigenvalue weighted by Gasteiger charge is -2.34. The minimum absolute atomic E-state index is 0.0583. The molecule has 0 spiro atoms. The number of hydrogen-bond donors (Lipinski definition) is 1. The van der Waals surface area contributed by atoms with Gasteiger partial charge in [0.25, 0.3) is 0 Å². The topological polar surface area (TPSA) is 58.5 Å². The Balaban J connectivity index is 2.31. The number of nitrogens with zero attached hydrogens (tertiary/aromatic N) is 1. The van der Waals surface area contributed by atoms with Crippen LogP contribution in [0.15, 0.2) is 40.6 Å². The molecule has 1 unspecified atom stereocenters. The first-order chi connectivity index (χ1) is 9.81. The standard InChI is InChI=1S/C17H22N2O2/c1-5-6-15(20)18-11-7-8-12-13(17(2,3)4)10-16(21)19-14(12)9-11/h7-10,12H,5-6H2,1-4H3,(H,19,21). The fourth-order valence-electron chi connectivity index (χ4n) is 2.56. The van der Waals surface area contributed by atoms with Crippen molar-refractivity contribution in [3.05, 3.63) is 35.6 Å². The third-order valence-corrected chi connectivity index (χ3v) is 3.57. The summed E-state index contributed by atoms with van der Waals surface area (Å²) in [6, 6.07) is 0. The molecule has 1 atom stereocenters. The van der Waals surface area contributed by atoms with E-state index in [0.717, 1.165) is 17.7 Å². The minimum atomic E-state index is -0.124. The lowest BCUT2D eigenvalue weighted by atomic mass is 9.74. The lowest BCUT2D eigenvalue weighted by molar-refractivity contribution is -0.118. The van der Waals surface area contributed by atoms with Gasteiger partial charge in [-0.25, -0.2) is 4.99 Å². The molecule has 0 radical (unpaired) electrons. The number of aliphatic imine (C=N–C) groups is 1. The molecule has 0 saturated carbocycles. The zero-order valence-corrected chi connectivity index (χ0v) is 13.1. The molecule has 4 nitrogen and oxygen atoms in total. The van der Waals surface area contributed by atoms with Crippen LogP contribution >= 0.6 is 0 Å². The van der Waals surface area contributed by atoms with Crippen molar-refractivity contribution < 1.29 is 9.59 Å². The van der Waals surface area contributed by atoms with Gasteiger partial charge < -0.3 is 5.32 Å². The first-order valence-electron chi connectivity index (χ1n) is 7.35. The van der Waals surface area contributed by atoms with Crippen LogP contribution < -0.4 is 5.32 Å². The Hall–Kier alpha value is -1.97. The van der Waals surface area contributed by atoms with Gasteiger partial charge in [0, 0.05) is 24.1 Å². The summed E-state index contributed by atoms with van der Waals surface area (Å²) in [6.07, 6.45) is 8.57. The van der Waals surface area contributed by atoms with E-state index in [1.807, 2.05) is 19.1 Å². The van der Waals surface area contributed by atoms with Crippen molar-refractivity contribution in [1.82, 2.24) is 5.32 Å². The molecule has 0 aromatic rings. The van der Waals surface area contributed by atoms with Crippen LogP contribution in [0.1, 0.15) is 40.5 Å². The average Bonchev–Trinajstić information content (AvgIpc) is 2.36. The summed E-state index contributed by atoms with van der Waals surface area (Å²) in [6.45, 7) is 8.23. The third-order valence-electron chi connectivity index (χ3n) is 3.57. The second kappa shape index (κ2) is 5.80. The predicted octanol–water partition coefficient (Wildman–Crippen LogP) is 2.93. The molecule has 0 saturated heterocycles. The number of rotatable bonds is 2. The van der Waals surface area contributed by atoms with Crippen molar-refractivity contribution in [2.24, 2.45) is 16.3 Å². The van der Waals surface area contributed by atoms with Crippen LogP contribution in [-0.4, -0.2) is 17.5 Å². The Labute approximate surface area is 125 Å². The van der Waals surface area contributed by atoms with E-state index in [0.29, 0.717) is 12.1 Å². The van der Waals surface area contributed by atoms with E-state index in [1.165, 1.54) is 0 Å². The summed E-state index contributed by atoms with van der Waals surface area (Å²) in [5, 5.41) is 2.86. The molecule has 0 aromatic carbocycles. The number of allylic oxidation sites excluding steroid dienone is 3. The monoisotopic (exact) mass is 286 g/mol. The highest BCUT2D eigenvalue weighted by atomic mass is 16.2. The highest BCUT2D eigenvalue weighted by Crippen LogP contribution is 2.38. The predicted molar refractivity (Wildman–Crippen MR) is 83.7 cm³/mol. The molecule has 4 heteroatoms. The molecular weight excluding hydrogens is 264 g/mol. The number of fused-ring (bicyclic) bond motifs is 1. The minimum Gasteiger partial charge on any atom is -0.325 e. The summed E-state index contributed by atoms with van der Waals surface area (Å²) in [4.78, 5) is 27.5. The SMILES string of the molecule is CCCC(=O)N=C1C=CC2C(=C1)NC(=O)C=C2C(C)(C)C. The fourth-order valence-corrected chi connectivity index (χ4v) is 2.56. The van der Waals surface area contributed by atoms with Crippen molar-refractivity contribution in [2.45, 2.75) is 40.5 Å². The van der Waals surface area contributed by atoms with Crippen LogP contribution in [-0.2, 0) is 9.59 Å². The van der Waals surface area contributed by atoms with E-state index >= 15 is 0 Å². The average molecular weight is 286 g/mol. The summed E-state index contributed by atoms with van der Waals surface area (Å²) in [5.41, 5.74) is 2.40. The van der Waals surface area contributed by atoms with Gasteiger partial charge in [-0.3, -0.25) is 9.59 Å². The molecule has 112 valence electrons. The number of carbonyl (C=O) groups excluding carboxylic acids is 2. The Morgan fingerprint density at radius 3 is 2.67 bits per heavy atom. The third kappa shape index (κ3) is 3.57. The Morgan fingerprint density at radius 2 is 2.05 bits per heavy atom. The quantitative estimate of drug-likeness (QED) is 0.848. The molecule has 2 rings (SSSR count). The molecule has 1 heterocycles. The smallest absolute Gasteiger partial charge is 0.248 e. The Kier molecular flexibility index (Phi) is 4.26. The molecular formula is C17H22N2O2. The molecule has 21 heavy (non-hydrogen) atoms. The van der Waals surface area contributed by atoms with E-state index in [4.69, 9.17) is 0 Å². The number of carbonyl (C=O) groups is 2.